The van der Waals surface area contributed by atoms with Crippen LogP contribution in [0, 0.1) is 23.2 Å². The molecule has 0 unspecified atom stereocenters. The van der Waals surface area contributed by atoms with E-state index in [0.29, 0.717) is 22.6 Å². The number of benzene rings is 1. The van der Waals surface area contributed by atoms with Crippen LogP contribution >= 0.6 is 11.8 Å². The first-order valence-electron chi connectivity index (χ1n) is 10.2. The number of Topliss-reactive ketones (excluding diaryl/α,β-unsaturated/α-hetero) is 1. The molecule has 3 aromatic rings. The van der Waals surface area contributed by atoms with Crippen molar-refractivity contribution >= 4 is 28.4 Å². The van der Waals surface area contributed by atoms with Crippen molar-refractivity contribution in [3.8, 4) is 11.5 Å². The van der Waals surface area contributed by atoms with E-state index >= 15 is 0 Å². The normalized spacial score (nSPS) is 30.9. The molecule has 0 aliphatic heterocycles. The van der Waals surface area contributed by atoms with Crippen molar-refractivity contribution in [2.45, 2.75) is 43.7 Å². The van der Waals surface area contributed by atoms with Crippen LogP contribution in [0.5, 0.6) is 0 Å². The van der Waals surface area contributed by atoms with E-state index in [1.165, 1.54) is 31.0 Å². The molecule has 2 heterocycles. The van der Waals surface area contributed by atoms with Crippen molar-refractivity contribution in [1.82, 2.24) is 15.2 Å². The summed E-state index contributed by atoms with van der Waals surface area (Å²) in [6.07, 6.45) is 9.31. The molecule has 5 nitrogen and oxygen atoms in total. The fourth-order valence-corrected chi connectivity index (χ4v) is 7.16. The molecule has 6 heteroatoms. The highest BCUT2D eigenvalue weighted by atomic mass is 32.2. The lowest BCUT2D eigenvalue weighted by atomic mass is 9.48. The van der Waals surface area contributed by atoms with Crippen LogP contribution in [0.2, 0.25) is 0 Å². The van der Waals surface area contributed by atoms with Gasteiger partial charge in [0.25, 0.3) is 11.1 Å². The quantitative estimate of drug-likeness (QED) is 0.611. The van der Waals surface area contributed by atoms with E-state index in [0.717, 1.165) is 53.5 Å². The minimum atomic E-state index is -0.0541. The first-order valence-corrected chi connectivity index (χ1v) is 11.2. The summed E-state index contributed by atoms with van der Waals surface area (Å²) in [6.45, 7) is 0. The van der Waals surface area contributed by atoms with E-state index in [1.807, 2.05) is 30.5 Å². The van der Waals surface area contributed by atoms with Gasteiger partial charge in [-0.25, -0.2) is 0 Å². The van der Waals surface area contributed by atoms with Crippen LogP contribution < -0.4 is 0 Å². The van der Waals surface area contributed by atoms with Crippen molar-refractivity contribution in [2.75, 3.05) is 5.75 Å². The van der Waals surface area contributed by atoms with Gasteiger partial charge in [-0.3, -0.25) is 4.79 Å². The van der Waals surface area contributed by atoms with E-state index in [9.17, 15) is 4.79 Å². The topological polar surface area (TPSA) is 71.8 Å². The first kappa shape index (κ1) is 16.8. The highest BCUT2D eigenvalue weighted by molar-refractivity contribution is 7.99. The molecule has 0 amide bonds. The Hall–Kier alpha value is -2.08. The number of fused-ring (bicyclic) bond motifs is 1. The Morgan fingerprint density at radius 2 is 1.82 bits per heavy atom. The third-order valence-electron chi connectivity index (χ3n) is 7.18. The van der Waals surface area contributed by atoms with Gasteiger partial charge in [0, 0.05) is 22.5 Å². The number of H-pyrrole nitrogens is 1. The number of para-hydroxylation sites is 1. The molecule has 0 atom stereocenters. The lowest BCUT2D eigenvalue weighted by Gasteiger charge is -2.55. The van der Waals surface area contributed by atoms with Crippen LogP contribution in [-0.4, -0.2) is 26.7 Å². The monoisotopic (exact) mass is 393 g/mol. The molecule has 1 N–H and O–H groups in total. The van der Waals surface area contributed by atoms with Gasteiger partial charge < -0.3 is 9.40 Å². The van der Waals surface area contributed by atoms with Gasteiger partial charge in [0.15, 0.2) is 0 Å². The molecule has 4 fully saturated rings. The summed E-state index contributed by atoms with van der Waals surface area (Å²) < 4.78 is 5.87. The van der Waals surface area contributed by atoms with E-state index in [4.69, 9.17) is 4.42 Å². The molecule has 4 aliphatic carbocycles. The van der Waals surface area contributed by atoms with Crippen molar-refractivity contribution in [2.24, 2.45) is 23.2 Å². The number of hydrogen-bond acceptors (Lipinski definition) is 5. The Bertz CT molecular complexity index is 1020. The Morgan fingerprint density at radius 1 is 1.11 bits per heavy atom. The van der Waals surface area contributed by atoms with Crippen molar-refractivity contribution in [3.05, 3.63) is 30.5 Å². The van der Waals surface area contributed by atoms with E-state index in [-0.39, 0.29) is 5.41 Å². The maximum atomic E-state index is 13.2. The van der Waals surface area contributed by atoms with Gasteiger partial charge in [0.2, 0.25) is 0 Å². The molecule has 0 radical (unpaired) electrons. The average molecular weight is 394 g/mol. The molecule has 0 saturated heterocycles. The Labute approximate surface area is 167 Å². The second kappa shape index (κ2) is 6.21. The van der Waals surface area contributed by atoms with Crippen LogP contribution in [0.3, 0.4) is 0 Å². The van der Waals surface area contributed by atoms with Gasteiger partial charge in [0.05, 0.1) is 11.3 Å². The summed E-state index contributed by atoms with van der Waals surface area (Å²) in [5.74, 6) is 3.72. The molecule has 144 valence electrons. The average Bonchev–Trinajstić information content (AvgIpc) is 3.31. The predicted molar refractivity (Wildman–Crippen MR) is 108 cm³/mol. The van der Waals surface area contributed by atoms with Crippen molar-refractivity contribution < 1.29 is 9.21 Å². The number of rotatable bonds is 5. The fourth-order valence-electron chi connectivity index (χ4n) is 6.36. The van der Waals surface area contributed by atoms with Gasteiger partial charge in [-0.2, -0.15) is 0 Å². The standard InChI is InChI=1S/C22H23N3O2S/c26-19(22-8-13-5-14(9-22)7-15(6-13)10-22)12-28-21-25-24-20(27-21)17-11-23-18-4-2-1-3-16(17)18/h1-4,11,13-15,23H,5-10,12H2. The van der Waals surface area contributed by atoms with Crippen LogP contribution in [0.1, 0.15) is 38.5 Å². The molecular weight excluding hydrogens is 370 g/mol. The maximum absolute atomic E-state index is 13.2. The van der Waals surface area contributed by atoms with Gasteiger partial charge in [0.1, 0.15) is 5.78 Å². The van der Waals surface area contributed by atoms with E-state index < -0.39 is 0 Å². The van der Waals surface area contributed by atoms with Gasteiger partial charge in [-0.15, -0.1) is 10.2 Å². The summed E-state index contributed by atoms with van der Waals surface area (Å²) in [5, 5.41) is 9.93. The molecule has 2 aromatic heterocycles. The molecule has 28 heavy (non-hydrogen) atoms. The third kappa shape index (κ3) is 2.65. The Morgan fingerprint density at radius 3 is 2.57 bits per heavy atom. The van der Waals surface area contributed by atoms with Gasteiger partial charge >= 0.3 is 0 Å². The molecule has 0 spiro atoms. The number of nitrogens with zero attached hydrogens (tertiary/aromatic N) is 2. The second-order valence-corrected chi connectivity index (χ2v) is 9.96. The summed E-state index contributed by atoms with van der Waals surface area (Å²) in [6, 6.07) is 8.05. The second-order valence-electron chi connectivity index (χ2n) is 9.03. The third-order valence-corrected chi connectivity index (χ3v) is 8.00. The zero-order valence-electron chi connectivity index (χ0n) is 15.7. The Kier molecular flexibility index (Phi) is 3.73. The Balaban J connectivity index is 1.17. The molecule has 1 aromatic carbocycles. The van der Waals surface area contributed by atoms with Gasteiger partial charge in [-0.1, -0.05) is 30.0 Å². The van der Waals surface area contributed by atoms with Crippen LogP contribution in [-0.2, 0) is 4.79 Å². The number of aromatic amines is 1. The van der Waals surface area contributed by atoms with Crippen molar-refractivity contribution in [3.63, 3.8) is 0 Å². The minimum absolute atomic E-state index is 0.0541. The lowest BCUT2D eigenvalue weighted by Crippen LogP contribution is -2.50. The van der Waals surface area contributed by atoms with Crippen molar-refractivity contribution in [1.29, 1.82) is 0 Å². The largest absolute Gasteiger partial charge is 0.411 e. The van der Waals surface area contributed by atoms with Crippen LogP contribution in [0.25, 0.3) is 22.4 Å². The number of hydrogen-bond donors (Lipinski definition) is 1. The molecule has 7 rings (SSSR count). The summed E-state index contributed by atoms with van der Waals surface area (Å²) in [4.78, 5) is 16.4. The van der Waals surface area contributed by atoms with E-state index in [1.54, 1.807) is 0 Å². The van der Waals surface area contributed by atoms with Crippen LogP contribution in [0.15, 0.2) is 40.1 Å². The highest BCUT2D eigenvalue weighted by Gasteiger charge is 2.54. The predicted octanol–water partition coefficient (Wildman–Crippen LogP) is 5.10. The zero-order valence-corrected chi connectivity index (χ0v) is 16.5. The maximum Gasteiger partial charge on any atom is 0.277 e. The molecule has 4 aliphatic rings. The molecule has 4 saturated carbocycles. The summed E-state index contributed by atoms with van der Waals surface area (Å²) in [5.41, 5.74) is 1.89. The fraction of sp³-hybridized carbons (Fsp3) is 0.500. The SMILES string of the molecule is O=C(CSc1nnc(-c2c[nH]c3ccccc23)o1)C12CC3CC(CC(C3)C1)C2. The number of nitrogens with one attached hydrogen (secondary N) is 1. The first-order chi connectivity index (χ1) is 13.7. The summed E-state index contributed by atoms with van der Waals surface area (Å²) >= 11 is 1.40. The number of aromatic nitrogens is 3. The van der Waals surface area contributed by atoms with Crippen LogP contribution in [0.4, 0.5) is 0 Å². The lowest BCUT2D eigenvalue weighted by molar-refractivity contribution is -0.141. The molecule has 4 bridgehead atoms. The van der Waals surface area contributed by atoms with Gasteiger partial charge in [-0.05, 0) is 62.3 Å². The minimum Gasteiger partial charge on any atom is -0.411 e. The number of thioether (sulfide) groups is 1. The summed E-state index contributed by atoms with van der Waals surface area (Å²) in [7, 11) is 0. The smallest absolute Gasteiger partial charge is 0.277 e. The zero-order chi connectivity index (χ0) is 18.7. The number of ketones is 1. The van der Waals surface area contributed by atoms with E-state index in [2.05, 4.69) is 15.2 Å². The number of carbonyl (C=O) groups is 1. The number of carbonyl (C=O) groups excluding carboxylic acids is 1. The molecular formula is C22H23N3O2S. The highest BCUT2D eigenvalue weighted by Crippen LogP contribution is 2.60.